The predicted octanol–water partition coefficient (Wildman–Crippen LogP) is 6.80. The van der Waals surface area contributed by atoms with Crippen LogP contribution in [0.25, 0.3) is 0 Å². The van der Waals surface area contributed by atoms with Crippen LogP contribution in [0.2, 0.25) is 0 Å². The molecule has 3 aromatic heterocycles. The highest BCUT2D eigenvalue weighted by Gasteiger charge is 1.75. The molecule has 0 unspecified atom stereocenters. The Morgan fingerprint density at radius 3 is 1.17 bits per heavy atom. The van der Waals surface area contributed by atoms with Gasteiger partial charge < -0.3 is 0 Å². The number of hydrogen-bond donors (Lipinski definition) is 0. The quantitative estimate of drug-likeness (QED) is 0.333. The summed E-state index contributed by atoms with van der Waals surface area (Å²) in [7, 11) is 0. The topological polar surface area (TPSA) is 38.7 Å². The maximum absolute atomic E-state index is 3.98. The third-order valence-electron chi connectivity index (χ3n) is 3.38. The van der Waals surface area contributed by atoms with E-state index in [9.17, 15) is 0 Å². The standard InChI is InChI=1S/C7H8.3C6H7N.CH4/c1-7-5-3-2-4-6-7;1-6-3-2-4-7-5-6;2*1-6-4-2-3-5-7-6;/h2-6H,1H3;3*2-5H,1H3;1H4. The third-order valence-corrected chi connectivity index (χ3v) is 3.38. The van der Waals surface area contributed by atoms with Gasteiger partial charge in [-0.2, -0.15) is 0 Å². The molecule has 0 aliphatic heterocycles. The number of pyridine rings is 3. The lowest BCUT2D eigenvalue weighted by atomic mass is 10.2. The minimum Gasteiger partial charge on any atom is -0.264 e. The summed E-state index contributed by atoms with van der Waals surface area (Å²) in [5.74, 6) is 0. The average molecular weight is 388 g/mol. The second-order valence-electron chi connectivity index (χ2n) is 6.13. The van der Waals surface area contributed by atoms with Gasteiger partial charge in [0.15, 0.2) is 0 Å². The van der Waals surface area contributed by atoms with Crippen LogP contribution in [0.5, 0.6) is 0 Å². The number of aromatic nitrogens is 3. The van der Waals surface area contributed by atoms with Crippen molar-refractivity contribution >= 4 is 0 Å². The molecule has 4 aromatic rings. The van der Waals surface area contributed by atoms with E-state index in [1.54, 1.807) is 18.6 Å². The third kappa shape index (κ3) is 15.4. The Balaban J connectivity index is 0.000000356. The highest BCUT2D eigenvalue weighted by molar-refractivity contribution is 5.11. The fourth-order valence-corrected chi connectivity index (χ4v) is 1.88. The Hall–Kier alpha value is -3.33. The van der Waals surface area contributed by atoms with Gasteiger partial charge >= 0.3 is 0 Å². The van der Waals surface area contributed by atoms with E-state index in [1.165, 1.54) is 11.1 Å². The first-order valence-electron chi connectivity index (χ1n) is 9.21. The van der Waals surface area contributed by atoms with Crippen LogP contribution in [0.4, 0.5) is 0 Å². The van der Waals surface area contributed by atoms with E-state index in [2.05, 4.69) is 34.0 Å². The summed E-state index contributed by atoms with van der Waals surface area (Å²) in [6, 6.07) is 25.9. The molecule has 0 radical (unpaired) electrons. The van der Waals surface area contributed by atoms with Crippen molar-refractivity contribution in [1.29, 1.82) is 0 Å². The first kappa shape index (κ1) is 25.7. The fraction of sp³-hybridized carbons (Fsp3) is 0.192. The molecule has 29 heavy (non-hydrogen) atoms. The van der Waals surface area contributed by atoms with Crippen LogP contribution in [-0.2, 0) is 0 Å². The minimum atomic E-state index is 0. The van der Waals surface area contributed by atoms with Gasteiger partial charge in [-0.3, -0.25) is 15.0 Å². The molecule has 3 heteroatoms. The van der Waals surface area contributed by atoms with Crippen LogP contribution in [0.1, 0.15) is 29.9 Å². The highest BCUT2D eigenvalue weighted by atomic mass is 14.6. The van der Waals surface area contributed by atoms with Crippen LogP contribution in [0.3, 0.4) is 0 Å². The number of aryl methyl sites for hydroxylation is 4. The van der Waals surface area contributed by atoms with E-state index in [0.29, 0.717) is 0 Å². The van der Waals surface area contributed by atoms with Gasteiger partial charge in [-0.15, -0.1) is 0 Å². The molecule has 1 aromatic carbocycles. The molecule has 0 N–H and O–H groups in total. The van der Waals surface area contributed by atoms with Crippen molar-refractivity contribution in [3.05, 3.63) is 126 Å². The van der Waals surface area contributed by atoms with Crippen LogP contribution in [-0.4, -0.2) is 15.0 Å². The summed E-state index contributed by atoms with van der Waals surface area (Å²) in [5, 5.41) is 0. The summed E-state index contributed by atoms with van der Waals surface area (Å²) >= 11 is 0. The number of benzene rings is 1. The van der Waals surface area contributed by atoms with Crippen LogP contribution < -0.4 is 0 Å². The van der Waals surface area contributed by atoms with Crippen LogP contribution >= 0.6 is 0 Å². The van der Waals surface area contributed by atoms with Crippen molar-refractivity contribution in [2.45, 2.75) is 35.1 Å². The number of rotatable bonds is 0. The zero-order valence-corrected chi connectivity index (χ0v) is 17.2. The van der Waals surface area contributed by atoms with Gasteiger partial charge in [0.1, 0.15) is 0 Å². The molecule has 0 aliphatic rings. The molecule has 152 valence electrons. The van der Waals surface area contributed by atoms with Crippen molar-refractivity contribution in [2.24, 2.45) is 0 Å². The summed E-state index contributed by atoms with van der Waals surface area (Å²) < 4.78 is 0. The molecular weight excluding hydrogens is 354 g/mol. The van der Waals surface area contributed by atoms with Gasteiger partial charge in [-0.1, -0.05) is 61.5 Å². The van der Waals surface area contributed by atoms with Gasteiger partial charge in [-0.25, -0.2) is 0 Å². The first-order chi connectivity index (χ1) is 13.6. The van der Waals surface area contributed by atoms with Crippen molar-refractivity contribution in [2.75, 3.05) is 0 Å². The molecule has 0 saturated heterocycles. The second kappa shape index (κ2) is 16.8. The van der Waals surface area contributed by atoms with Gasteiger partial charge in [0, 0.05) is 36.2 Å². The van der Waals surface area contributed by atoms with Gasteiger partial charge in [0.2, 0.25) is 0 Å². The zero-order valence-electron chi connectivity index (χ0n) is 17.2. The smallest absolute Gasteiger partial charge is 0.0372 e. The lowest BCUT2D eigenvalue weighted by Gasteiger charge is -1.82. The summed E-state index contributed by atoms with van der Waals surface area (Å²) in [5.41, 5.74) is 4.68. The van der Waals surface area contributed by atoms with E-state index >= 15 is 0 Å². The van der Waals surface area contributed by atoms with E-state index in [1.807, 2.05) is 93.7 Å². The predicted molar refractivity (Wildman–Crippen MR) is 125 cm³/mol. The van der Waals surface area contributed by atoms with Gasteiger partial charge in [-0.05, 0) is 63.6 Å². The average Bonchev–Trinajstić information content (AvgIpc) is 2.72. The van der Waals surface area contributed by atoms with Crippen molar-refractivity contribution in [3.63, 3.8) is 0 Å². The van der Waals surface area contributed by atoms with Crippen molar-refractivity contribution in [1.82, 2.24) is 15.0 Å². The maximum Gasteiger partial charge on any atom is 0.0372 e. The molecule has 0 saturated carbocycles. The molecule has 0 aliphatic carbocycles. The molecular formula is C26H33N3. The van der Waals surface area contributed by atoms with E-state index in [4.69, 9.17) is 0 Å². The Morgan fingerprint density at radius 2 is 0.966 bits per heavy atom. The second-order valence-corrected chi connectivity index (χ2v) is 6.13. The fourth-order valence-electron chi connectivity index (χ4n) is 1.88. The monoisotopic (exact) mass is 387 g/mol. The molecule has 4 rings (SSSR count). The molecule has 0 bridgehead atoms. The van der Waals surface area contributed by atoms with E-state index in [0.717, 1.165) is 11.4 Å². The van der Waals surface area contributed by atoms with E-state index < -0.39 is 0 Å². The summed E-state index contributed by atoms with van der Waals surface area (Å²) in [4.78, 5) is 11.8. The Labute approximate surface area is 176 Å². The highest BCUT2D eigenvalue weighted by Crippen LogP contribution is 1.92. The maximum atomic E-state index is 3.98. The molecule has 0 amide bonds. The summed E-state index contributed by atoms with van der Waals surface area (Å²) in [6.45, 7) is 8.05. The molecule has 0 atom stereocenters. The molecule has 3 nitrogen and oxygen atoms in total. The molecule has 3 heterocycles. The van der Waals surface area contributed by atoms with Gasteiger partial charge in [0.05, 0.1) is 0 Å². The normalized spacial score (nSPS) is 8.41. The van der Waals surface area contributed by atoms with Crippen LogP contribution in [0, 0.1) is 27.7 Å². The molecule has 0 fully saturated rings. The van der Waals surface area contributed by atoms with Crippen LogP contribution in [0.15, 0.2) is 104 Å². The Morgan fingerprint density at radius 1 is 0.483 bits per heavy atom. The number of nitrogens with zero attached hydrogens (tertiary/aromatic N) is 3. The SMILES string of the molecule is C.Cc1ccccc1.Cc1ccccn1.Cc1ccccn1.Cc1cccnc1. The summed E-state index contributed by atoms with van der Waals surface area (Å²) in [6.07, 6.45) is 7.18. The lowest BCUT2D eigenvalue weighted by molar-refractivity contribution is 1.20. The Bertz CT molecular complexity index is 684. The lowest BCUT2D eigenvalue weighted by Crippen LogP contribution is -1.72. The van der Waals surface area contributed by atoms with Crippen molar-refractivity contribution in [3.8, 4) is 0 Å². The zero-order chi connectivity index (χ0) is 20.5. The van der Waals surface area contributed by atoms with E-state index in [-0.39, 0.29) is 7.43 Å². The molecule has 0 spiro atoms. The van der Waals surface area contributed by atoms with Gasteiger partial charge in [0.25, 0.3) is 0 Å². The van der Waals surface area contributed by atoms with Crippen molar-refractivity contribution < 1.29 is 0 Å². The largest absolute Gasteiger partial charge is 0.264 e. The number of hydrogen-bond acceptors (Lipinski definition) is 3. The minimum absolute atomic E-state index is 0. The Kier molecular flexibility index (Phi) is 14.9. The first-order valence-corrected chi connectivity index (χ1v) is 9.21.